The minimum absolute atomic E-state index is 0.00410. The molecule has 1 fully saturated rings. The first-order valence-electron chi connectivity index (χ1n) is 9.39. The number of likely N-dealkylation sites (tertiary alicyclic amines) is 1. The number of carbonyl (C=O) groups excluding carboxylic acids is 1. The highest BCUT2D eigenvalue weighted by Crippen LogP contribution is 2.38. The van der Waals surface area contributed by atoms with Crippen molar-refractivity contribution in [3.05, 3.63) is 53.6 Å². The number of nitrogens with zero attached hydrogens (tertiary/aromatic N) is 1. The second kappa shape index (κ2) is 8.80. The lowest BCUT2D eigenvalue weighted by atomic mass is 10.0. The normalized spacial score (nSPS) is 16.3. The molecule has 0 radical (unpaired) electrons. The third-order valence-corrected chi connectivity index (χ3v) is 5.07. The molecule has 1 atom stereocenters. The number of aryl methyl sites for hydroxylation is 1. The Labute approximate surface area is 160 Å². The summed E-state index contributed by atoms with van der Waals surface area (Å²) in [5.41, 5.74) is 2.26. The van der Waals surface area contributed by atoms with E-state index in [2.05, 4.69) is 6.92 Å². The zero-order chi connectivity index (χ0) is 19.2. The molecule has 0 bridgehead atoms. The van der Waals surface area contributed by atoms with Gasteiger partial charge in [0.05, 0.1) is 20.3 Å². The Morgan fingerprint density at radius 3 is 2.48 bits per heavy atom. The maximum atomic E-state index is 12.8. The van der Waals surface area contributed by atoms with Gasteiger partial charge in [0.15, 0.2) is 6.61 Å². The Morgan fingerprint density at radius 1 is 1.07 bits per heavy atom. The van der Waals surface area contributed by atoms with Crippen LogP contribution in [-0.4, -0.2) is 38.2 Å². The molecule has 5 nitrogen and oxygen atoms in total. The number of methoxy groups -OCH3 is 2. The Bertz CT molecular complexity index is 772. The molecule has 1 heterocycles. The predicted octanol–water partition coefficient (Wildman–Crippen LogP) is 4.01. The van der Waals surface area contributed by atoms with Crippen LogP contribution in [0.2, 0.25) is 0 Å². The van der Waals surface area contributed by atoms with Gasteiger partial charge >= 0.3 is 0 Å². The molecule has 0 N–H and O–H groups in total. The van der Waals surface area contributed by atoms with Crippen molar-refractivity contribution in [3.63, 3.8) is 0 Å². The lowest BCUT2D eigenvalue weighted by Gasteiger charge is -2.26. The molecule has 0 unspecified atom stereocenters. The summed E-state index contributed by atoms with van der Waals surface area (Å²) in [5.74, 6) is 2.20. The Balaban J connectivity index is 1.69. The molecule has 1 aliphatic heterocycles. The standard InChI is InChI=1S/C22H27NO4/c1-4-16-7-9-17(10-8-16)27-15-22(24)23-13-5-6-20(23)19-12-11-18(25-2)14-21(19)26-3/h7-12,14,20H,4-6,13,15H2,1-3H3/t20-/m1/s1. The van der Waals surface area contributed by atoms with Gasteiger partial charge in [-0.15, -0.1) is 0 Å². The number of hydrogen-bond donors (Lipinski definition) is 0. The summed E-state index contributed by atoms with van der Waals surface area (Å²) < 4.78 is 16.5. The van der Waals surface area contributed by atoms with Gasteiger partial charge in [0.25, 0.3) is 5.91 Å². The molecule has 1 saturated heterocycles. The molecule has 144 valence electrons. The van der Waals surface area contributed by atoms with E-state index in [9.17, 15) is 4.79 Å². The first kappa shape index (κ1) is 19.1. The van der Waals surface area contributed by atoms with Gasteiger partial charge in [0.2, 0.25) is 0 Å². The fraction of sp³-hybridized carbons (Fsp3) is 0.409. The maximum Gasteiger partial charge on any atom is 0.261 e. The fourth-order valence-electron chi connectivity index (χ4n) is 3.53. The summed E-state index contributed by atoms with van der Waals surface area (Å²) in [5, 5.41) is 0. The first-order chi connectivity index (χ1) is 13.2. The van der Waals surface area contributed by atoms with Crippen LogP contribution in [0.25, 0.3) is 0 Å². The van der Waals surface area contributed by atoms with Crippen molar-refractivity contribution >= 4 is 5.91 Å². The molecule has 3 rings (SSSR count). The van der Waals surface area contributed by atoms with Crippen LogP contribution < -0.4 is 14.2 Å². The van der Waals surface area contributed by atoms with Gasteiger partial charge in [-0.05, 0) is 49.1 Å². The lowest BCUT2D eigenvalue weighted by Crippen LogP contribution is -2.34. The molecule has 1 amide bonds. The Morgan fingerprint density at radius 2 is 1.81 bits per heavy atom. The number of carbonyl (C=O) groups is 1. The summed E-state index contributed by atoms with van der Waals surface area (Å²) in [6, 6.07) is 13.6. The molecule has 1 aliphatic rings. The topological polar surface area (TPSA) is 48.0 Å². The molecule has 0 spiro atoms. The van der Waals surface area contributed by atoms with Gasteiger partial charge in [-0.25, -0.2) is 0 Å². The van der Waals surface area contributed by atoms with Crippen LogP contribution in [0.5, 0.6) is 17.2 Å². The molecular formula is C22H27NO4. The van der Waals surface area contributed by atoms with E-state index in [4.69, 9.17) is 14.2 Å². The summed E-state index contributed by atoms with van der Waals surface area (Å²) in [7, 11) is 3.27. The Kier molecular flexibility index (Phi) is 6.22. The molecule has 2 aromatic rings. The minimum Gasteiger partial charge on any atom is -0.497 e. The number of rotatable bonds is 7. The largest absolute Gasteiger partial charge is 0.497 e. The van der Waals surface area contributed by atoms with Gasteiger partial charge in [-0.1, -0.05) is 19.1 Å². The van der Waals surface area contributed by atoms with E-state index in [-0.39, 0.29) is 18.6 Å². The van der Waals surface area contributed by atoms with Gasteiger partial charge < -0.3 is 19.1 Å². The van der Waals surface area contributed by atoms with Crippen LogP contribution in [0, 0.1) is 0 Å². The van der Waals surface area contributed by atoms with E-state index >= 15 is 0 Å². The van der Waals surface area contributed by atoms with Crippen LogP contribution in [0.4, 0.5) is 0 Å². The molecule has 0 aliphatic carbocycles. The van der Waals surface area contributed by atoms with Crippen LogP contribution >= 0.6 is 0 Å². The maximum absolute atomic E-state index is 12.8. The highest BCUT2D eigenvalue weighted by molar-refractivity contribution is 5.78. The number of benzene rings is 2. The van der Waals surface area contributed by atoms with Crippen molar-refractivity contribution in [2.24, 2.45) is 0 Å². The second-order valence-corrected chi connectivity index (χ2v) is 6.64. The number of amides is 1. The van der Waals surface area contributed by atoms with Crippen molar-refractivity contribution in [3.8, 4) is 17.2 Å². The van der Waals surface area contributed by atoms with E-state index in [1.807, 2.05) is 47.4 Å². The summed E-state index contributed by atoms with van der Waals surface area (Å²) >= 11 is 0. The average Bonchev–Trinajstić information content (AvgIpc) is 3.21. The van der Waals surface area contributed by atoms with E-state index < -0.39 is 0 Å². The van der Waals surface area contributed by atoms with Crippen LogP contribution in [0.15, 0.2) is 42.5 Å². The first-order valence-corrected chi connectivity index (χ1v) is 9.39. The van der Waals surface area contributed by atoms with Gasteiger partial charge in [-0.3, -0.25) is 4.79 Å². The molecule has 2 aromatic carbocycles. The van der Waals surface area contributed by atoms with E-state index in [1.165, 1.54) is 5.56 Å². The van der Waals surface area contributed by atoms with Crippen molar-refractivity contribution in [1.82, 2.24) is 4.90 Å². The van der Waals surface area contributed by atoms with E-state index in [0.717, 1.165) is 48.6 Å². The third-order valence-electron chi connectivity index (χ3n) is 5.07. The predicted molar refractivity (Wildman–Crippen MR) is 105 cm³/mol. The highest BCUT2D eigenvalue weighted by atomic mass is 16.5. The zero-order valence-corrected chi connectivity index (χ0v) is 16.2. The van der Waals surface area contributed by atoms with Crippen molar-refractivity contribution in [2.75, 3.05) is 27.4 Å². The third kappa shape index (κ3) is 4.35. The summed E-state index contributed by atoms with van der Waals surface area (Å²) in [4.78, 5) is 14.7. The van der Waals surface area contributed by atoms with Crippen LogP contribution in [-0.2, 0) is 11.2 Å². The fourth-order valence-corrected chi connectivity index (χ4v) is 3.53. The Hall–Kier alpha value is -2.69. The molecule has 0 saturated carbocycles. The van der Waals surface area contributed by atoms with Gasteiger partial charge in [-0.2, -0.15) is 0 Å². The zero-order valence-electron chi connectivity index (χ0n) is 16.2. The summed E-state index contributed by atoms with van der Waals surface area (Å²) in [6.07, 6.45) is 2.87. The molecule has 27 heavy (non-hydrogen) atoms. The SMILES string of the molecule is CCc1ccc(OCC(=O)N2CCC[C@@H]2c2ccc(OC)cc2OC)cc1. The monoisotopic (exact) mass is 369 g/mol. The number of hydrogen-bond acceptors (Lipinski definition) is 4. The lowest BCUT2D eigenvalue weighted by molar-refractivity contribution is -0.134. The molecule has 5 heteroatoms. The summed E-state index contributed by atoms with van der Waals surface area (Å²) in [6.45, 7) is 2.89. The smallest absolute Gasteiger partial charge is 0.261 e. The van der Waals surface area contributed by atoms with E-state index in [1.54, 1.807) is 14.2 Å². The number of ether oxygens (including phenoxy) is 3. The molecular weight excluding hydrogens is 342 g/mol. The van der Waals surface area contributed by atoms with Crippen molar-refractivity contribution in [1.29, 1.82) is 0 Å². The van der Waals surface area contributed by atoms with Gasteiger partial charge in [0.1, 0.15) is 17.2 Å². The van der Waals surface area contributed by atoms with Crippen molar-refractivity contribution in [2.45, 2.75) is 32.2 Å². The second-order valence-electron chi connectivity index (χ2n) is 6.64. The van der Waals surface area contributed by atoms with Crippen LogP contribution in [0.3, 0.4) is 0 Å². The average molecular weight is 369 g/mol. The quantitative estimate of drug-likeness (QED) is 0.740. The molecule has 0 aromatic heterocycles. The highest BCUT2D eigenvalue weighted by Gasteiger charge is 2.32. The van der Waals surface area contributed by atoms with Crippen molar-refractivity contribution < 1.29 is 19.0 Å². The van der Waals surface area contributed by atoms with Crippen LogP contribution in [0.1, 0.15) is 36.9 Å². The van der Waals surface area contributed by atoms with Gasteiger partial charge in [0, 0.05) is 18.2 Å². The van der Waals surface area contributed by atoms with E-state index in [0.29, 0.717) is 0 Å². The minimum atomic E-state index is -0.00469.